The molecule has 3 saturated carbocycles. The Kier molecular flexibility index (Phi) is 3.35. The maximum atomic E-state index is 12.6. The van der Waals surface area contributed by atoms with Crippen molar-refractivity contribution in [1.82, 2.24) is 10.2 Å². The van der Waals surface area contributed by atoms with Crippen molar-refractivity contribution in [3.63, 3.8) is 0 Å². The van der Waals surface area contributed by atoms with Crippen LogP contribution < -0.4 is 5.32 Å². The summed E-state index contributed by atoms with van der Waals surface area (Å²) < 4.78 is 0. The van der Waals surface area contributed by atoms with Crippen molar-refractivity contribution in [3.8, 4) is 0 Å². The van der Waals surface area contributed by atoms with Crippen LogP contribution >= 0.6 is 0 Å². The number of urea groups is 1. The molecule has 1 unspecified atom stereocenters. The number of carboxylic acids is 1. The van der Waals surface area contributed by atoms with Crippen molar-refractivity contribution in [2.24, 2.45) is 17.3 Å². The number of hydrogen-bond donors (Lipinski definition) is 2. The predicted molar refractivity (Wildman–Crippen MR) is 81.4 cm³/mol. The van der Waals surface area contributed by atoms with Gasteiger partial charge in [0.1, 0.15) is 0 Å². The van der Waals surface area contributed by atoms with Crippen molar-refractivity contribution in [2.75, 3.05) is 6.54 Å². The van der Waals surface area contributed by atoms with Gasteiger partial charge in [-0.1, -0.05) is 6.42 Å². The topological polar surface area (TPSA) is 69.6 Å². The summed E-state index contributed by atoms with van der Waals surface area (Å²) in [6, 6.07) is 0.769. The number of nitrogens with zero attached hydrogens (tertiary/aromatic N) is 1. The van der Waals surface area contributed by atoms with Crippen LogP contribution in [0.1, 0.15) is 57.8 Å². The Balaban J connectivity index is 1.31. The first kappa shape index (κ1) is 14.3. The number of nitrogens with one attached hydrogen (secondary N) is 1. The van der Waals surface area contributed by atoms with Crippen LogP contribution in [0.3, 0.4) is 0 Å². The Labute approximate surface area is 131 Å². The van der Waals surface area contributed by atoms with Gasteiger partial charge in [0.25, 0.3) is 0 Å². The largest absolute Gasteiger partial charge is 0.481 e. The van der Waals surface area contributed by atoms with Crippen LogP contribution in [0.5, 0.6) is 0 Å². The summed E-state index contributed by atoms with van der Waals surface area (Å²) in [7, 11) is 0. The average molecular weight is 306 g/mol. The zero-order valence-electron chi connectivity index (χ0n) is 13.1. The van der Waals surface area contributed by atoms with Crippen LogP contribution in [-0.4, -0.2) is 40.6 Å². The second kappa shape index (κ2) is 5.14. The zero-order chi connectivity index (χ0) is 15.3. The standard InChI is InChI=1S/C17H26N2O3/c20-15(21)12-4-6-13(7-5-12)18-16(22)19-10-17(8-1-9-17)14(19)11-2-3-11/h11-14H,1-10H2,(H,18,22)(H,20,21). The number of hydrogen-bond acceptors (Lipinski definition) is 2. The number of carboxylic acid groups (broad SMARTS) is 1. The fourth-order valence-corrected chi connectivity index (χ4v) is 4.94. The van der Waals surface area contributed by atoms with Gasteiger partial charge in [-0.05, 0) is 57.3 Å². The number of aliphatic carboxylic acids is 1. The van der Waals surface area contributed by atoms with E-state index in [1.165, 1.54) is 32.1 Å². The highest BCUT2D eigenvalue weighted by Crippen LogP contribution is 2.59. The van der Waals surface area contributed by atoms with Crippen molar-refractivity contribution < 1.29 is 14.7 Å². The highest BCUT2D eigenvalue weighted by molar-refractivity contribution is 5.76. The number of carbonyl (C=O) groups is 2. The molecule has 2 N–H and O–H groups in total. The van der Waals surface area contributed by atoms with E-state index in [1.807, 2.05) is 0 Å². The number of amides is 2. The Morgan fingerprint density at radius 2 is 1.73 bits per heavy atom. The van der Waals surface area contributed by atoms with E-state index in [0.717, 1.165) is 25.3 Å². The molecule has 0 aromatic carbocycles. The third-order valence-corrected chi connectivity index (χ3v) is 6.53. The normalized spacial score (nSPS) is 36.4. The highest BCUT2D eigenvalue weighted by Gasteiger charge is 2.61. The van der Waals surface area contributed by atoms with Crippen LogP contribution in [0.15, 0.2) is 0 Å². The molecule has 0 bridgehead atoms. The van der Waals surface area contributed by atoms with E-state index in [1.54, 1.807) is 0 Å². The third-order valence-electron chi connectivity index (χ3n) is 6.53. The summed E-state index contributed by atoms with van der Waals surface area (Å²) in [4.78, 5) is 25.6. The van der Waals surface area contributed by atoms with Gasteiger partial charge in [0.15, 0.2) is 0 Å². The first-order valence-electron chi connectivity index (χ1n) is 8.89. The lowest BCUT2D eigenvalue weighted by atomic mass is 9.57. The molecular weight excluding hydrogens is 280 g/mol. The van der Waals surface area contributed by atoms with Crippen molar-refractivity contribution in [2.45, 2.75) is 69.9 Å². The average Bonchev–Trinajstić information content (AvgIpc) is 3.21. The molecular formula is C17H26N2O3. The second-order valence-electron chi connectivity index (χ2n) is 7.96. The molecule has 1 heterocycles. The maximum absolute atomic E-state index is 12.6. The number of likely N-dealkylation sites (tertiary alicyclic amines) is 1. The van der Waals surface area contributed by atoms with Gasteiger partial charge in [0.2, 0.25) is 0 Å². The Morgan fingerprint density at radius 1 is 1.05 bits per heavy atom. The quantitative estimate of drug-likeness (QED) is 0.842. The lowest BCUT2D eigenvalue weighted by Gasteiger charge is -2.63. The molecule has 0 aromatic heterocycles. The smallest absolute Gasteiger partial charge is 0.317 e. The van der Waals surface area contributed by atoms with Gasteiger partial charge in [-0.2, -0.15) is 0 Å². The lowest BCUT2D eigenvalue weighted by Crippen LogP contribution is -2.71. The molecule has 1 aliphatic heterocycles. The van der Waals surface area contributed by atoms with Crippen LogP contribution in [0, 0.1) is 17.3 Å². The third kappa shape index (κ3) is 2.29. The Hall–Kier alpha value is -1.26. The minimum atomic E-state index is -0.687. The lowest BCUT2D eigenvalue weighted by molar-refractivity contribution is -0.142. The zero-order valence-corrected chi connectivity index (χ0v) is 13.1. The van der Waals surface area contributed by atoms with E-state index < -0.39 is 5.97 Å². The summed E-state index contributed by atoms with van der Waals surface area (Å²) in [5.74, 6) is -0.148. The minimum absolute atomic E-state index is 0.105. The molecule has 1 saturated heterocycles. The summed E-state index contributed by atoms with van der Waals surface area (Å²) in [6.07, 6.45) is 9.51. The van der Waals surface area contributed by atoms with E-state index in [-0.39, 0.29) is 18.0 Å². The molecule has 122 valence electrons. The molecule has 0 radical (unpaired) electrons. The Bertz CT molecular complexity index is 476. The summed E-state index contributed by atoms with van der Waals surface area (Å²) >= 11 is 0. The van der Waals surface area contributed by atoms with Gasteiger partial charge >= 0.3 is 12.0 Å². The fourth-order valence-electron chi connectivity index (χ4n) is 4.94. The second-order valence-corrected chi connectivity index (χ2v) is 7.96. The van der Waals surface area contributed by atoms with Gasteiger partial charge < -0.3 is 15.3 Å². The van der Waals surface area contributed by atoms with Gasteiger partial charge in [-0.25, -0.2) is 4.79 Å². The van der Waals surface area contributed by atoms with E-state index in [0.29, 0.717) is 24.3 Å². The monoisotopic (exact) mass is 306 g/mol. The van der Waals surface area contributed by atoms with Crippen molar-refractivity contribution in [1.29, 1.82) is 0 Å². The molecule has 1 spiro atoms. The van der Waals surface area contributed by atoms with Crippen LogP contribution in [0.2, 0.25) is 0 Å². The molecule has 4 rings (SSSR count). The van der Waals surface area contributed by atoms with Crippen molar-refractivity contribution >= 4 is 12.0 Å². The minimum Gasteiger partial charge on any atom is -0.481 e. The number of rotatable bonds is 3. The van der Waals surface area contributed by atoms with Crippen LogP contribution in [0.25, 0.3) is 0 Å². The first-order valence-corrected chi connectivity index (χ1v) is 8.89. The molecule has 1 atom stereocenters. The van der Waals surface area contributed by atoms with E-state index >= 15 is 0 Å². The van der Waals surface area contributed by atoms with Gasteiger partial charge in [0.05, 0.1) is 5.92 Å². The highest BCUT2D eigenvalue weighted by atomic mass is 16.4. The van der Waals surface area contributed by atoms with Gasteiger partial charge in [-0.15, -0.1) is 0 Å². The molecule has 4 fully saturated rings. The molecule has 5 heteroatoms. The SMILES string of the molecule is O=C(O)C1CCC(NC(=O)N2CC3(CCC3)C2C2CC2)CC1. The molecule has 5 nitrogen and oxygen atoms in total. The summed E-state index contributed by atoms with van der Waals surface area (Å²) in [6.45, 7) is 0.949. The number of carbonyl (C=O) groups excluding carboxylic acids is 1. The molecule has 22 heavy (non-hydrogen) atoms. The maximum Gasteiger partial charge on any atom is 0.317 e. The van der Waals surface area contributed by atoms with E-state index in [9.17, 15) is 9.59 Å². The summed E-state index contributed by atoms with van der Waals surface area (Å²) in [5, 5.41) is 12.2. The molecule has 4 aliphatic rings. The molecule has 3 aliphatic carbocycles. The van der Waals surface area contributed by atoms with Crippen molar-refractivity contribution in [3.05, 3.63) is 0 Å². The molecule has 0 aromatic rings. The fraction of sp³-hybridized carbons (Fsp3) is 0.882. The first-order chi connectivity index (χ1) is 10.6. The van der Waals surface area contributed by atoms with E-state index in [2.05, 4.69) is 10.2 Å². The van der Waals surface area contributed by atoms with Crippen LogP contribution in [0.4, 0.5) is 4.79 Å². The summed E-state index contributed by atoms with van der Waals surface area (Å²) in [5.41, 5.74) is 0.472. The van der Waals surface area contributed by atoms with Gasteiger partial charge in [0, 0.05) is 24.0 Å². The predicted octanol–water partition coefficient (Wildman–Crippen LogP) is 2.60. The van der Waals surface area contributed by atoms with Gasteiger partial charge in [-0.3, -0.25) is 4.79 Å². The Morgan fingerprint density at radius 3 is 2.23 bits per heavy atom. The van der Waals surface area contributed by atoms with Crippen LogP contribution in [-0.2, 0) is 4.79 Å². The molecule has 2 amide bonds. The van der Waals surface area contributed by atoms with E-state index in [4.69, 9.17) is 5.11 Å².